The molecule has 0 saturated carbocycles. The van der Waals surface area contributed by atoms with E-state index in [2.05, 4.69) is 11.4 Å². The summed E-state index contributed by atoms with van der Waals surface area (Å²) >= 11 is 0. The Morgan fingerprint density at radius 3 is 2.30 bits per heavy atom. The van der Waals surface area contributed by atoms with Gasteiger partial charge in [0.15, 0.2) is 0 Å². The SMILES string of the molecule is CC1=C(C#N)C(c2ccc(C)cc2)C(C(=O)O)=C(C)N1. The van der Waals surface area contributed by atoms with Crippen LogP contribution in [0.15, 0.2) is 46.8 Å². The number of nitriles is 1. The first-order valence-corrected chi connectivity index (χ1v) is 6.34. The number of hydrogen-bond acceptors (Lipinski definition) is 3. The Morgan fingerprint density at radius 1 is 1.20 bits per heavy atom. The van der Waals surface area contributed by atoms with Crippen LogP contribution in [0.5, 0.6) is 0 Å². The van der Waals surface area contributed by atoms with E-state index in [1.807, 2.05) is 31.2 Å². The first kappa shape index (κ1) is 13.9. The summed E-state index contributed by atoms with van der Waals surface area (Å²) in [6, 6.07) is 9.76. The highest BCUT2D eigenvalue weighted by molar-refractivity contribution is 5.91. The Kier molecular flexibility index (Phi) is 3.62. The van der Waals surface area contributed by atoms with Gasteiger partial charge >= 0.3 is 5.97 Å². The average Bonchev–Trinajstić information content (AvgIpc) is 2.38. The number of hydrogen-bond donors (Lipinski definition) is 2. The number of aryl methyl sites for hydroxylation is 1. The summed E-state index contributed by atoms with van der Waals surface area (Å²) in [4.78, 5) is 11.6. The number of benzene rings is 1. The van der Waals surface area contributed by atoms with Crippen molar-refractivity contribution in [1.29, 1.82) is 5.26 Å². The zero-order valence-electron chi connectivity index (χ0n) is 11.7. The maximum atomic E-state index is 11.6. The van der Waals surface area contributed by atoms with Gasteiger partial charge in [0.05, 0.1) is 23.1 Å². The summed E-state index contributed by atoms with van der Waals surface area (Å²) in [6.07, 6.45) is 0. The van der Waals surface area contributed by atoms with Gasteiger partial charge in [-0.15, -0.1) is 0 Å². The predicted octanol–water partition coefficient (Wildman–Crippen LogP) is 2.84. The lowest BCUT2D eigenvalue weighted by atomic mass is 9.81. The highest BCUT2D eigenvalue weighted by Crippen LogP contribution is 2.37. The van der Waals surface area contributed by atoms with Crippen LogP contribution in [0.3, 0.4) is 0 Å². The van der Waals surface area contributed by atoms with Gasteiger partial charge in [-0.1, -0.05) is 29.8 Å². The van der Waals surface area contributed by atoms with Crippen molar-refractivity contribution in [3.8, 4) is 6.07 Å². The van der Waals surface area contributed by atoms with Crippen LogP contribution in [-0.2, 0) is 4.79 Å². The Bertz CT molecular complexity index is 661. The monoisotopic (exact) mass is 268 g/mol. The highest BCUT2D eigenvalue weighted by Gasteiger charge is 2.32. The van der Waals surface area contributed by atoms with Gasteiger partial charge in [-0.2, -0.15) is 5.26 Å². The topological polar surface area (TPSA) is 73.1 Å². The van der Waals surface area contributed by atoms with E-state index in [1.165, 1.54) is 0 Å². The standard InChI is InChI=1S/C16H16N2O2/c1-9-4-6-12(7-5-9)15-13(8-17)10(2)18-11(3)14(15)16(19)20/h4-7,15,18H,1-3H3,(H,19,20). The number of aliphatic carboxylic acids is 1. The van der Waals surface area contributed by atoms with E-state index >= 15 is 0 Å². The van der Waals surface area contributed by atoms with Gasteiger partial charge in [-0.3, -0.25) is 0 Å². The van der Waals surface area contributed by atoms with E-state index in [-0.39, 0.29) is 5.57 Å². The van der Waals surface area contributed by atoms with Crippen molar-refractivity contribution >= 4 is 5.97 Å². The molecular formula is C16H16N2O2. The molecule has 1 aliphatic heterocycles. The Morgan fingerprint density at radius 2 is 1.80 bits per heavy atom. The normalized spacial score (nSPS) is 18.6. The second-order valence-electron chi connectivity index (χ2n) is 4.96. The lowest BCUT2D eigenvalue weighted by Gasteiger charge is -2.27. The van der Waals surface area contributed by atoms with Crippen LogP contribution in [0.2, 0.25) is 0 Å². The predicted molar refractivity (Wildman–Crippen MR) is 75.7 cm³/mol. The number of carboxylic acids is 1. The summed E-state index contributed by atoms with van der Waals surface area (Å²) in [5.41, 5.74) is 3.90. The molecule has 0 radical (unpaired) electrons. The third kappa shape index (κ3) is 2.30. The third-order valence-corrected chi connectivity index (χ3v) is 3.52. The average molecular weight is 268 g/mol. The number of carboxylic acid groups (broad SMARTS) is 1. The zero-order valence-corrected chi connectivity index (χ0v) is 11.7. The molecule has 102 valence electrons. The molecule has 1 atom stereocenters. The molecule has 1 aromatic rings. The van der Waals surface area contributed by atoms with Gasteiger partial charge in [0.25, 0.3) is 0 Å². The number of nitrogens with zero attached hydrogens (tertiary/aromatic N) is 1. The Labute approximate surface area is 118 Å². The summed E-state index contributed by atoms with van der Waals surface area (Å²) in [7, 11) is 0. The molecule has 0 bridgehead atoms. The van der Waals surface area contributed by atoms with Crippen molar-refractivity contribution in [3.63, 3.8) is 0 Å². The van der Waals surface area contributed by atoms with E-state index in [9.17, 15) is 15.2 Å². The van der Waals surface area contributed by atoms with Crippen molar-refractivity contribution in [2.45, 2.75) is 26.7 Å². The highest BCUT2D eigenvalue weighted by atomic mass is 16.4. The molecule has 2 rings (SSSR count). The first-order valence-electron chi connectivity index (χ1n) is 6.34. The van der Waals surface area contributed by atoms with Gasteiger partial charge in [0.2, 0.25) is 0 Å². The molecule has 4 nitrogen and oxygen atoms in total. The summed E-state index contributed by atoms with van der Waals surface area (Å²) in [5.74, 6) is -1.51. The summed E-state index contributed by atoms with van der Waals surface area (Å²) in [5, 5.41) is 21.8. The van der Waals surface area contributed by atoms with E-state index in [4.69, 9.17) is 0 Å². The van der Waals surface area contributed by atoms with Crippen molar-refractivity contribution in [1.82, 2.24) is 5.32 Å². The first-order chi connectivity index (χ1) is 9.45. The third-order valence-electron chi connectivity index (χ3n) is 3.52. The van der Waals surface area contributed by atoms with Crippen LogP contribution in [-0.4, -0.2) is 11.1 Å². The fraction of sp³-hybridized carbons (Fsp3) is 0.250. The largest absolute Gasteiger partial charge is 0.478 e. The number of allylic oxidation sites excluding steroid dienone is 3. The number of carbonyl (C=O) groups is 1. The molecule has 1 unspecified atom stereocenters. The number of dihydropyridines is 1. The molecule has 4 heteroatoms. The zero-order chi connectivity index (χ0) is 14.9. The summed E-state index contributed by atoms with van der Waals surface area (Å²) in [6.45, 7) is 5.49. The van der Waals surface area contributed by atoms with E-state index in [0.717, 1.165) is 11.1 Å². The minimum atomic E-state index is -0.999. The van der Waals surface area contributed by atoms with Crippen LogP contribution in [0.1, 0.15) is 30.9 Å². The van der Waals surface area contributed by atoms with Crippen LogP contribution in [0.4, 0.5) is 0 Å². The van der Waals surface area contributed by atoms with Gasteiger partial charge < -0.3 is 10.4 Å². The fourth-order valence-corrected chi connectivity index (χ4v) is 2.52. The van der Waals surface area contributed by atoms with Crippen molar-refractivity contribution < 1.29 is 9.90 Å². The molecule has 20 heavy (non-hydrogen) atoms. The molecule has 0 amide bonds. The van der Waals surface area contributed by atoms with Gasteiger partial charge in [-0.25, -0.2) is 4.79 Å². The molecule has 0 aliphatic carbocycles. The second-order valence-corrected chi connectivity index (χ2v) is 4.96. The lowest BCUT2D eigenvalue weighted by molar-refractivity contribution is -0.133. The van der Waals surface area contributed by atoms with E-state index in [1.54, 1.807) is 13.8 Å². The van der Waals surface area contributed by atoms with Crippen LogP contribution in [0.25, 0.3) is 0 Å². The molecule has 0 aromatic heterocycles. The van der Waals surface area contributed by atoms with Crippen molar-refractivity contribution in [3.05, 3.63) is 57.9 Å². The quantitative estimate of drug-likeness (QED) is 0.865. The number of rotatable bonds is 2. The molecular weight excluding hydrogens is 252 g/mol. The van der Waals surface area contributed by atoms with Crippen LogP contribution in [0, 0.1) is 18.3 Å². The van der Waals surface area contributed by atoms with Crippen LogP contribution < -0.4 is 5.32 Å². The van der Waals surface area contributed by atoms with Gasteiger partial charge in [-0.05, 0) is 26.3 Å². The van der Waals surface area contributed by atoms with Crippen molar-refractivity contribution in [2.24, 2.45) is 0 Å². The minimum Gasteiger partial charge on any atom is -0.478 e. The molecule has 0 spiro atoms. The molecule has 1 aliphatic rings. The smallest absolute Gasteiger partial charge is 0.334 e. The van der Waals surface area contributed by atoms with Crippen molar-refractivity contribution in [2.75, 3.05) is 0 Å². The molecule has 1 heterocycles. The number of nitrogens with one attached hydrogen (secondary N) is 1. The molecule has 1 aromatic carbocycles. The van der Waals surface area contributed by atoms with Gasteiger partial charge in [0, 0.05) is 11.4 Å². The Balaban J connectivity index is 2.64. The minimum absolute atomic E-state index is 0.232. The van der Waals surface area contributed by atoms with Crippen LogP contribution >= 0.6 is 0 Å². The molecule has 0 saturated heterocycles. The maximum Gasteiger partial charge on any atom is 0.334 e. The van der Waals surface area contributed by atoms with E-state index < -0.39 is 11.9 Å². The fourth-order valence-electron chi connectivity index (χ4n) is 2.52. The molecule has 2 N–H and O–H groups in total. The lowest BCUT2D eigenvalue weighted by Crippen LogP contribution is -2.27. The maximum absolute atomic E-state index is 11.6. The molecule has 0 fully saturated rings. The summed E-state index contributed by atoms with van der Waals surface area (Å²) < 4.78 is 0. The second kappa shape index (κ2) is 5.22. The Hall–Kier alpha value is -2.54. The van der Waals surface area contributed by atoms with E-state index in [0.29, 0.717) is 17.0 Å². The van der Waals surface area contributed by atoms with Gasteiger partial charge in [0.1, 0.15) is 0 Å².